The van der Waals surface area contributed by atoms with Gasteiger partial charge in [0.05, 0.1) is 23.1 Å². The molecule has 28 heavy (non-hydrogen) atoms. The summed E-state index contributed by atoms with van der Waals surface area (Å²) >= 11 is 12.0. The normalized spacial score (nSPS) is 10.3. The largest absolute Gasteiger partial charge is 0.487 e. The van der Waals surface area contributed by atoms with Gasteiger partial charge in [-0.1, -0.05) is 35.3 Å². The van der Waals surface area contributed by atoms with Gasteiger partial charge in [-0.3, -0.25) is 20.2 Å². The Bertz CT molecular complexity index is 872. The molecule has 0 heterocycles. The molecule has 2 aromatic rings. The summed E-state index contributed by atoms with van der Waals surface area (Å²) in [6.45, 7) is 3.92. The van der Waals surface area contributed by atoms with E-state index in [1.54, 1.807) is 26.0 Å². The lowest BCUT2D eigenvalue weighted by molar-refractivity contribution is -0.386. The zero-order valence-electron chi connectivity index (χ0n) is 15.0. The first-order valence-electron chi connectivity index (χ1n) is 8.18. The van der Waals surface area contributed by atoms with Crippen LogP contribution in [-0.2, 0) is 0 Å². The maximum atomic E-state index is 11.4. The molecule has 8 nitrogen and oxygen atoms in total. The van der Waals surface area contributed by atoms with Crippen molar-refractivity contribution >= 4 is 40.1 Å². The minimum Gasteiger partial charge on any atom is -0.487 e. The minimum atomic E-state index is -0.588. The molecule has 0 amide bonds. The Balaban J connectivity index is 2.63. The number of halogens is 2. The number of nitro benzene ring substituents is 2. The average Bonchev–Trinajstić information content (AvgIpc) is 2.63. The van der Waals surface area contributed by atoms with E-state index in [0.29, 0.717) is 11.1 Å². The molecule has 0 saturated carbocycles. The van der Waals surface area contributed by atoms with E-state index in [0.717, 1.165) is 0 Å². The lowest BCUT2D eigenvalue weighted by atomic mass is 9.98. The van der Waals surface area contributed by atoms with E-state index >= 15 is 0 Å². The highest BCUT2D eigenvalue weighted by molar-refractivity contribution is 6.59. The lowest BCUT2D eigenvalue weighted by Crippen LogP contribution is -2.01. The standard InChI is InChI=1S/C18H16Cl2N2O6/c1-3-27-15-7-5-11(9-13(15)21(23)24)17(18(19)20)12-6-8-16(28-4-2)14(10-12)22(25)26/h5-10H,3-4H2,1-2H3. The maximum Gasteiger partial charge on any atom is 0.311 e. The van der Waals surface area contributed by atoms with Gasteiger partial charge in [0.15, 0.2) is 11.5 Å². The monoisotopic (exact) mass is 426 g/mol. The number of rotatable bonds is 8. The van der Waals surface area contributed by atoms with Gasteiger partial charge < -0.3 is 9.47 Å². The molecule has 10 heteroatoms. The van der Waals surface area contributed by atoms with Crippen molar-refractivity contribution in [3.05, 3.63) is 72.2 Å². The summed E-state index contributed by atoms with van der Waals surface area (Å²) in [4.78, 5) is 21.6. The summed E-state index contributed by atoms with van der Waals surface area (Å²) in [5.41, 5.74) is 0.293. The fraction of sp³-hybridized carbons (Fsp3) is 0.222. The van der Waals surface area contributed by atoms with Gasteiger partial charge >= 0.3 is 11.4 Å². The van der Waals surface area contributed by atoms with Gasteiger partial charge in [0.1, 0.15) is 4.49 Å². The summed E-state index contributed by atoms with van der Waals surface area (Å²) < 4.78 is 10.3. The van der Waals surface area contributed by atoms with Crippen LogP contribution in [0.1, 0.15) is 25.0 Å². The molecule has 2 rings (SSSR count). The van der Waals surface area contributed by atoms with Crippen molar-refractivity contribution in [1.82, 2.24) is 0 Å². The molecule has 0 fully saturated rings. The van der Waals surface area contributed by atoms with E-state index in [9.17, 15) is 20.2 Å². The second-order valence-corrected chi connectivity index (χ2v) is 6.33. The van der Waals surface area contributed by atoms with E-state index in [2.05, 4.69) is 0 Å². The molecule has 148 valence electrons. The van der Waals surface area contributed by atoms with Crippen molar-refractivity contribution in [2.45, 2.75) is 13.8 Å². The molecule has 0 aliphatic heterocycles. The maximum absolute atomic E-state index is 11.4. The first-order valence-corrected chi connectivity index (χ1v) is 8.94. The van der Waals surface area contributed by atoms with E-state index in [1.165, 1.54) is 24.3 Å². The van der Waals surface area contributed by atoms with Crippen molar-refractivity contribution in [2.24, 2.45) is 0 Å². The Morgan fingerprint density at radius 2 is 1.25 bits per heavy atom. The van der Waals surface area contributed by atoms with E-state index in [1.807, 2.05) is 0 Å². The number of nitrogens with zero attached hydrogens (tertiary/aromatic N) is 2. The predicted molar refractivity (Wildman–Crippen MR) is 106 cm³/mol. The van der Waals surface area contributed by atoms with E-state index < -0.39 is 9.85 Å². The second-order valence-electron chi connectivity index (χ2n) is 5.38. The average molecular weight is 427 g/mol. The first kappa shape index (κ1) is 21.5. The van der Waals surface area contributed by atoms with Crippen LogP contribution in [0.3, 0.4) is 0 Å². The lowest BCUT2D eigenvalue weighted by Gasteiger charge is -2.12. The van der Waals surface area contributed by atoms with Gasteiger partial charge in [-0.25, -0.2) is 0 Å². The highest BCUT2D eigenvalue weighted by Gasteiger charge is 2.22. The summed E-state index contributed by atoms with van der Waals surface area (Å²) in [5.74, 6) is 0.193. The summed E-state index contributed by atoms with van der Waals surface area (Å²) in [6.07, 6.45) is 0. The van der Waals surface area contributed by atoms with E-state index in [-0.39, 0.29) is 46.2 Å². The van der Waals surface area contributed by atoms with Crippen LogP contribution < -0.4 is 9.47 Å². The van der Waals surface area contributed by atoms with Crippen LogP contribution in [0, 0.1) is 20.2 Å². The van der Waals surface area contributed by atoms with Crippen LogP contribution in [0.15, 0.2) is 40.9 Å². The molecule has 0 bridgehead atoms. The van der Waals surface area contributed by atoms with Crippen molar-refractivity contribution in [3.63, 3.8) is 0 Å². The third-order valence-corrected chi connectivity index (χ3v) is 4.06. The Morgan fingerprint density at radius 1 is 0.857 bits per heavy atom. The van der Waals surface area contributed by atoms with E-state index in [4.69, 9.17) is 32.7 Å². The van der Waals surface area contributed by atoms with Gasteiger partial charge in [0.25, 0.3) is 0 Å². The molecule has 0 N–H and O–H groups in total. The summed E-state index contributed by atoms with van der Waals surface area (Å²) in [6, 6.07) is 8.45. The minimum absolute atomic E-state index is 0.0963. The van der Waals surface area contributed by atoms with Crippen LogP contribution >= 0.6 is 23.2 Å². The van der Waals surface area contributed by atoms with Crippen LogP contribution in [0.4, 0.5) is 11.4 Å². The third kappa shape index (κ3) is 4.71. The van der Waals surface area contributed by atoms with Gasteiger partial charge in [-0.2, -0.15) is 0 Å². The summed E-state index contributed by atoms with van der Waals surface area (Å²) in [5, 5.41) is 22.8. The Kier molecular flexibility index (Phi) is 7.19. The van der Waals surface area contributed by atoms with Crippen molar-refractivity contribution in [2.75, 3.05) is 13.2 Å². The van der Waals surface area contributed by atoms with Gasteiger partial charge in [-0.15, -0.1) is 0 Å². The van der Waals surface area contributed by atoms with Gasteiger partial charge in [0.2, 0.25) is 0 Å². The fourth-order valence-corrected chi connectivity index (χ4v) is 3.01. The second kappa shape index (κ2) is 9.38. The molecular weight excluding hydrogens is 411 g/mol. The SMILES string of the molecule is CCOc1ccc(C(=C(Cl)Cl)c2ccc(OCC)c([N+](=O)[O-])c2)cc1[N+](=O)[O-]. The smallest absolute Gasteiger partial charge is 0.311 e. The highest BCUT2D eigenvalue weighted by Crippen LogP contribution is 2.39. The topological polar surface area (TPSA) is 105 Å². The molecule has 0 saturated heterocycles. The Labute approximate surface area is 170 Å². The molecule has 0 radical (unpaired) electrons. The van der Waals surface area contributed by atoms with Crippen molar-refractivity contribution in [3.8, 4) is 11.5 Å². The molecule has 0 aliphatic carbocycles. The quantitative estimate of drug-likeness (QED) is 0.407. The molecule has 0 spiro atoms. The highest BCUT2D eigenvalue weighted by atomic mass is 35.5. The predicted octanol–water partition coefficient (Wildman–Crippen LogP) is 5.49. The first-order chi connectivity index (χ1) is 13.3. The van der Waals surface area contributed by atoms with Crippen LogP contribution in [0.2, 0.25) is 0 Å². The van der Waals surface area contributed by atoms with Crippen LogP contribution in [0.5, 0.6) is 11.5 Å². The molecule has 0 aromatic heterocycles. The zero-order chi connectivity index (χ0) is 20.8. The molecule has 0 atom stereocenters. The van der Waals surface area contributed by atoms with Gasteiger partial charge in [-0.05, 0) is 37.1 Å². The van der Waals surface area contributed by atoms with Crippen molar-refractivity contribution in [1.29, 1.82) is 0 Å². The summed E-state index contributed by atoms with van der Waals surface area (Å²) in [7, 11) is 0. The van der Waals surface area contributed by atoms with Crippen LogP contribution in [-0.4, -0.2) is 23.1 Å². The molecule has 0 aliphatic rings. The number of nitro groups is 2. The zero-order valence-corrected chi connectivity index (χ0v) is 16.5. The van der Waals surface area contributed by atoms with Crippen LogP contribution in [0.25, 0.3) is 5.57 Å². The molecule has 0 unspecified atom stereocenters. The number of hydrogen-bond acceptors (Lipinski definition) is 6. The Morgan fingerprint density at radius 3 is 1.54 bits per heavy atom. The van der Waals surface area contributed by atoms with Gasteiger partial charge in [0, 0.05) is 17.7 Å². The number of ether oxygens (including phenoxy) is 2. The number of benzene rings is 2. The Hall–Kier alpha value is -2.84. The fourth-order valence-electron chi connectivity index (χ4n) is 2.57. The van der Waals surface area contributed by atoms with Crippen molar-refractivity contribution < 1.29 is 19.3 Å². The third-order valence-electron chi connectivity index (χ3n) is 3.68. The number of hydrogen-bond donors (Lipinski definition) is 0. The molecule has 2 aromatic carbocycles. The molecular formula is C18H16Cl2N2O6.